The van der Waals surface area contributed by atoms with Crippen molar-refractivity contribution in [2.45, 2.75) is 52.3 Å². The molecule has 1 heterocycles. The first-order valence-corrected chi connectivity index (χ1v) is 14.0. The molecule has 0 spiro atoms. The molecule has 42 heavy (non-hydrogen) atoms. The van der Waals surface area contributed by atoms with Gasteiger partial charge in [-0.05, 0) is 67.5 Å². The Balaban J connectivity index is 1.21. The fourth-order valence-corrected chi connectivity index (χ4v) is 4.66. The van der Waals surface area contributed by atoms with Gasteiger partial charge in [-0.2, -0.15) is 0 Å². The largest absolute Gasteiger partial charge is 0.573 e. The number of amides is 2. The van der Waals surface area contributed by atoms with Crippen molar-refractivity contribution in [3.05, 3.63) is 95.3 Å². The number of rotatable bonds is 10. The highest BCUT2D eigenvalue weighted by molar-refractivity contribution is 7.80. The first-order chi connectivity index (χ1) is 20.0. The molecule has 0 unspecified atom stereocenters. The Morgan fingerprint density at radius 2 is 1.74 bits per heavy atom. The summed E-state index contributed by atoms with van der Waals surface area (Å²) in [5, 5.41) is 10.1. The molecule has 0 fully saturated rings. The summed E-state index contributed by atoms with van der Waals surface area (Å²) in [5.41, 5.74) is 5.66. The predicted octanol–water partition coefficient (Wildman–Crippen LogP) is 7.26. The average molecular weight is 596 g/mol. The zero-order chi connectivity index (χ0) is 30.3. The van der Waals surface area contributed by atoms with E-state index in [0.29, 0.717) is 29.0 Å². The third-order valence-electron chi connectivity index (χ3n) is 6.52. The lowest BCUT2D eigenvalue weighted by atomic mass is 9.95. The third kappa shape index (κ3) is 8.62. The average Bonchev–Trinajstić information content (AvgIpc) is 3.43. The zero-order valence-corrected chi connectivity index (χ0v) is 24.4. The van der Waals surface area contributed by atoms with Crippen LogP contribution in [0, 0.1) is 6.92 Å². The van der Waals surface area contributed by atoms with Crippen molar-refractivity contribution < 1.29 is 22.7 Å². The van der Waals surface area contributed by atoms with Crippen LogP contribution in [0.5, 0.6) is 5.75 Å². The van der Waals surface area contributed by atoms with Crippen molar-refractivity contribution in [3.8, 4) is 22.8 Å². The van der Waals surface area contributed by atoms with E-state index in [4.69, 9.17) is 12.2 Å². The monoisotopic (exact) mass is 595 g/mol. The van der Waals surface area contributed by atoms with Gasteiger partial charge in [-0.15, -0.1) is 18.3 Å². The molecule has 2 amide bonds. The summed E-state index contributed by atoms with van der Waals surface area (Å²) in [4.78, 5) is 17.1. The number of nitrogens with zero attached hydrogens (tertiary/aromatic N) is 3. The van der Waals surface area contributed by atoms with E-state index in [0.717, 1.165) is 47.1 Å². The number of hydrogen-bond donors (Lipinski definition) is 2. The molecule has 3 aromatic carbocycles. The smallest absolute Gasteiger partial charge is 0.406 e. The highest BCUT2D eigenvalue weighted by Crippen LogP contribution is 2.24. The van der Waals surface area contributed by atoms with E-state index in [1.807, 2.05) is 43.3 Å². The number of benzene rings is 3. The Hall–Kier alpha value is -4.25. The number of urea groups is 1. The van der Waals surface area contributed by atoms with Gasteiger partial charge in [-0.3, -0.25) is 5.32 Å². The summed E-state index contributed by atoms with van der Waals surface area (Å²) in [6, 6.07) is 19.0. The second-order valence-electron chi connectivity index (χ2n) is 10.2. The fourth-order valence-electron chi connectivity index (χ4n) is 4.38. The number of alkyl halides is 3. The highest BCUT2D eigenvalue weighted by atomic mass is 32.1. The predicted molar refractivity (Wildman–Crippen MR) is 160 cm³/mol. The van der Waals surface area contributed by atoms with E-state index in [9.17, 15) is 18.0 Å². The van der Waals surface area contributed by atoms with Crippen LogP contribution in [-0.2, 0) is 6.42 Å². The topological polar surface area (TPSA) is 81.1 Å². The van der Waals surface area contributed by atoms with Crippen molar-refractivity contribution in [1.82, 2.24) is 25.4 Å². The number of unbranched alkanes of at least 4 members (excludes halogenated alkanes) is 1. The molecule has 220 valence electrons. The molecule has 0 aliphatic rings. The Labute approximate surface area is 248 Å². The molecule has 0 radical (unpaired) electrons. The minimum absolute atomic E-state index is 0.293. The number of halogens is 3. The summed E-state index contributed by atoms with van der Waals surface area (Å²) >= 11 is 5.48. The molecule has 0 saturated heterocycles. The Morgan fingerprint density at radius 1 is 1.02 bits per heavy atom. The van der Waals surface area contributed by atoms with Gasteiger partial charge in [0.25, 0.3) is 0 Å². The lowest BCUT2D eigenvalue weighted by Crippen LogP contribution is -2.39. The van der Waals surface area contributed by atoms with Gasteiger partial charge in [0.05, 0.1) is 5.69 Å². The molecule has 0 saturated carbocycles. The van der Waals surface area contributed by atoms with E-state index < -0.39 is 6.36 Å². The molecule has 7 nitrogen and oxygen atoms in total. The highest BCUT2D eigenvalue weighted by Gasteiger charge is 2.31. The number of nitrogens with one attached hydrogen (secondary N) is 2. The van der Waals surface area contributed by atoms with E-state index in [-0.39, 0.29) is 11.8 Å². The summed E-state index contributed by atoms with van der Waals surface area (Å²) in [6.07, 6.45) is -0.695. The van der Waals surface area contributed by atoms with Gasteiger partial charge in [-0.25, -0.2) is 14.5 Å². The van der Waals surface area contributed by atoms with Gasteiger partial charge in [0.2, 0.25) is 0 Å². The van der Waals surface area contributed by atoms with Gasteiger partial charge in [0.1, 0.15) is 17.1 Å². The van der Waals surface area contributed by atoms with Crippen LogP contribution in [0.15, 0.2) is 73.1 Å². The lowest BCUT2D eigenvalue weighted by molar-refractivity contribution is -0.274. The SMILES string of the molecule is Cc1ccc(C(=S)NC(=O)NCCCCc2ccc(-c3ncn(-c4ccc(OC(F)(F)F)cc4)n3)cc2)c(C(C)C)c1. The third-order valence-corrected chi connectivity index (χ3v) is 6.84. The van der Waals surface area contributed by atoms with E-state index in [1.165, 1.54) is 35.3 Å². The second kappa shape index (κ2) is 13.6. The molecule has 0 atom stereocenters. The molecule has 4 rings (SSSR count). The molecular formula is C31H32F3N5O2S. The normalized spacial score (nSPS) is 11.4. The number of aryl methyl sites for hydroxylation is 2. The van der Waals surface area contributed by atoms with E-state index in [1.54, 1.807) is 0 Å². The Kier molecular flexibility index (Phi) is 9.95. The summed E-state index contributed by atoms with van der Waals surface area (Å²) in [7, 11) is 0. The molecule has 4 aromatic rings. The van der Waals surface area contributed by atoms with E-state index in [2.05, 4.69) is 45.4 Å². The molecule has 1 aromatic heterocycles. The molecule has 11 heteroatoms. The maximum absolute atomic E-state index is 12.4. The van der Waals surface area contributed by atoms with Crippen LogP contribution in [0.2, 0.25) is 0 Å². The lowest BCUT2D eigenvalue weighted by Gasteiger charge is -2.15. The van der Waals surface area contributed by atoms with Crippen molar-refractivity contribution in [2.24, 2.45) is 0 Å². The Bertz CT molecular complexity index is 1520. The number of carbonyl (C=O) groups excluding carboxylic acids is 1. The van der Waals surface area contributed by atoms with Crippen LogP contribution >= 0.6 is 12.2 Å². The number of carbonyl (C=O) groups is 1. The second-order valence-corrected chi connectivity index (χ2v) is 10.6. The maximum Gasteiger partial charge on any atom is 0.573 e. The van der Waals surface area contributed by atoms with Crippen molar-refractivity contribution >= 4 is 23.2 Å². The molecule has 2 N–H and O–H groups in total. The number of thiocarbonyl (C=S) groups is 1. The van der Waals surface area contributed by atoms with Gasteiger partial charge in [-0.1, -0.05) is 74.1 Å². The number of hydrogen-bond acceptors (Lipinski definition) is 5. The van der Waals surface area contributed by atoms with Crippen molar-refractivity contribution in [2.75, 3.05) is 6.54 Å². The van der Waals surface area contributed by atoms with Gasteiger partial charge in [0.15, 0.2) is 5.82 Å². The standard InChI is InChI=1S/C31H32F3N5O2S/c1-20(2)27-18-21(3)7-16-26(27)29(42)37-30(40)35-17-5-4-6-22-8-10-23(11-9-22)28-36-19-39(38-28)24-12-14-25(15-13-24)41-31(32,33)34/h7-16,18-20H,4-6,17H2,1-3H3,(H2,35,37,40,42). The molecule has 0 bridgehead atoms. The van der Waals surface area contributed by atoms with Crippen LogP contribution < -0.4 is 15.4 Å². The minimum Gasteiger partial charge on any atom is -0.406 e. The number of ether oxygens (including phenoxy) is 1. The molecular weight excluding hydrogens is 563 g/mol. The first-order valence-electron chi connectivity index (χ1n) is 13.6. The van der Waals surface area contributed by atoms with Gasteiger partial charge in [0, 0.05) is 17.7 Å². The maximum atomic E-state index is 12.4. The Morgan fingerprint density at radius 3 is 2.40 bits per heavy atom. The summed E-state index contributed by atoms with van der Waals surface area (Å²) in [6.45, 7) is 6.77. The zero-order valence-electron chi connectivity index (χ0n) is 23.5. The van der Waals surface area contributed by atoms with Gasteiger partial charge >= 0.3 is 12.4 Å². The molecule has 0 aliphatic carbocycles. The van der Waals surface area contributed by atoms with Crippen LogP contribution in [0.1, 0.15) is 54.9 Å². The van der Waals surface area contributed by atoms with Crippen molar-refractivity contribution in [3.63, 3.8) is 0 Å². The van der Waals surface area contributed by atoms with Gasteiger partial charge < -0.3 is 10.1 Å². The van der Waals surface area contributed by atoms with Crippen molar-refractivity contribution in [1.29, 1.82) is 0 Å². The van der Waals surface area contributed by atoms with Crippen LogP contribution in [-0.4, -0.2) is 38.7 Å². The summed E-state index contributed by atoms with van der Waals surface area (Å²) in [5.74, 6) is 0.488. The first kappa shape index (κ1) is 30.7. The quantitative estimate of drug-likeness (QED) is 0.149. The minimum atomic E-state index is -4.74. The molecule has 0 aliphatic heterocycles. The van der Waals surface area contributed by atoms with Crippen LogP contribution in [0.4, 0.5) is 18.0 Å². The fraction of sp³-hybridized carbons (Fsp3) is 0.290. The summed E-state index contributed by atoms with van der Waals surface area (Å²) < 4.78 is 42.5. The number of aromatic nitrogens is 3. The van der Waals surface area contributed by atoms with E-state index >= 15 is 0 Å². The van der Waals surface area contributed by atoms with Crippen LogP contribution in [0.25, 0.3) is 17.1 Å². The van der Waals surface area contributed by atoms with Crippen LogP contribution in [0.3, 0.4) is 0 Å².